The minimum Gasteiger partial charge on any atom is -0.0776 e. The molecule has 0 aromatic heterocycles. The van der Waals surface area contributed by atoms with Gasteiger partial charge in [0, 0.05) is 8.41 Å². The highest BCUT2D eigenvalue weighted by Gasteiger charge is 0.938. The third kappa shape index (κ3) is 350000. The Morgan fingerprint density at radius 3 is 0.286 bits per heavy atom. The first-order chi connectivity index (χ1) is 4.00. The molecule has 0 bridgehead atoms. The Morgan fingerprint density at radius 2 is 0.286 bits per heavy atom. The third-order valence-electron chi connectivity index (χ3n) is 0. The smallest absolute Gasteiger partial charge is 0 e. The van der Waals surface area contributed by atoms with Crippen LogP contribution in [0.3, 0.4) is 0 Å². The van der Waals surface area contributed by atoms with Gasteiger partial charge in [-0.15, -0.1) is 0 Å². The maximum Gasteiger partial charge on any atom is 0 e. The quantitative estimate of drug-likeness (QED) is 0.382. The number of hydrogen-bond acceptors (Lipinski definition) is 0. The third-order valence-corrected chi connectivity index (χ3v) is 0. The predicted octanol–water partition coefficient (Wildman–Crippen LogP) is 6.90. The van der Waals surface area contributed by atoms with Crippen LogP contribution in [0, 0.1) is 0 Å². The summed E-state index contributed by atoms with van der Waals surface area (Å²) in [6.07, 6.45) is 0. The van der Waals surface area contributed by atoms with Gasteiger partial charge in [0.2, 0.25) is 0 Å². The number of hydrogen-bond donors (Lipinski definition) is 0. The summed E-state index contributed by atoms with van der Waals surface area (Å²) in [7, 11) is 0. The van der Waals surface area contributed by atoms with Crippen molar-refractivity contribution in [2.45, 2.75) is 92.5 Å². The highest BCUT2D eigenvalue weighted by molar-refractivity contribution is 5.75. The molecule has 0 aromatic carbocycles. The Kier molecular flexibility index (Phi) is 4680000. The molecule has 99 valence electrons. The summed E-state index contributed by atoms with van der Waals surface area (Å²) in [5.74, 6) is 0. The molecular weight excluding hydrogens is 167 g/mol. The van der Waals surface area contributed by atoms with E-state index >= 15 is 0 Å². The number of rotatable bonds is 0. The normalized spacial score (nSPS) is 1.71. The van der Waals surface area contributed by atoms with Gasteiger partial charge in [0.25, 0.3) is 0 Å². The van der Waals surface area contributed by atoms with E-state index in [9.17, 15) is 0 Å². The molecule has 0 heterocycles. The van der Waals surface area contributed by atoms with Crippen LogP contribution >= 0.6 is 0 Å². The van der Waals surface area contributed by atoms with Crippen LogP contribution in [0.2, 0.25) is 0 Å². The van der Waals surface area contributed by atoms with Gasteiger partial charge in [-0.1, -0.05) is 92.5 Å². The van der Waals surface area contributed by atoms with Gasteiger partial charge in [0.15, 0.2) is 0 Å². The summed E-state index contributed by atoms with van der Waals surface area (Å²) < 4.78 is 0. The Balaban J connectivity index is -0.00000000167. The van der Waals surface area contributed by atoms with E-state index in [1.54, 1.807) is 0 Å². The fourth-order valence-corrected chi connectivity index (χ4v) is 0. The van der Waals surface area contributed by atoms with Gasteiger partial charge in [-0.05, 0) is 0 Å². The summed E-state index contributed by atoms with van der Waals surface area (Å²) in [6, 6.07) is 0. The maximum atomic E-state index is 2.00. The standard InChI is InChI=1S/4C2H6.5CH4.B/c4*1-2;;;;;;/h4*1-2H3;5*1H4;. The molecule has 0 amide bonds. The van der Waals surface area contributed by atoms with Gasteiger partial charge >= 0.3 is 0 Å². The van der Waals surface area contributed by atoms with E-state index < -0.39 is 0 Å². The van der Waals surface area contributed by atoms with E-state index in [0.717, 1.165) is 0 Å². The zero-order valence-corrected chi connectivity index (χ0v) is 8.58. The van der Waals surface area contributed by atoms with Crippen LogP contribution in [-0.2, 0) is 0 Å². The van der Waals surface area contributed by atoms with Crippen LogP contribution in [-0.4, -0.2) is 8.41 Å². The fourth-order valence-electron chi connectivity index (χ4n) is 0. The average Bonchev–Trinajstić information content (AvgIpc) is 2.03. The second kappa shape index (κ2) is 451000. The summed E-state index contributed by atoms with van der Waals surface area (Å²) >= 11 is 0. The van der Waals surface area contributed by atoms with Gasteiger partial charge in [0.1, 0.15) is 0 Å². The maximum absolute atomic E-state index is 2.00. The second-order valence-corrected chi connectivity index (χ2v) is 0. The van der Waals surface area contributed by atoms with Crippen molar-refractivity contribution >= 4 is 8.41 Å². The molecule has 0 aromatic rings. The first-order valence-corrected chi connectivity index (χ1v) is 4.00. The van der Waals surface area contributed by atoms with Crippen molar-refractivity contribution in [1.29, 1.82) is 0 Å². The molecule has 0 rings (SSSR count). The van der Waals surface area contributed by atoms with Crippen LogP contribution < -0.4 is 0 Å². The van der Waals surface area contributed by atoms with Crippen molar-refractivity contribution in [3.8, 4) is 0 Å². The molecule has 0 saturated heterocycles. The lowest BCUT2D eigenvalue weighted by Crippen LogP contribution is -0.856. The van der Waals surface area contributed by atoms with Crippen molar-refractivity contribution in [2.24, 2.45) is 0 Å². The van der Waals surface area contributed by atoms with Gasteiger partial charge < -0.3 is 0 Å². The molecule has 0 atom stereocenters. The zero-order chi connectivity index (χ0) is 8.00. The second-order valence-electron chi connectivity index (χ2n) is 0. The molecular formula is C13H44B. The van der Waals surface area contributed by atoms with E-state index in [4.69, 9.17) is 0 Å². The van der Waals surface area contributed by atoms with Crippen LogP contribution in [0.4, 0.5) is 0 Å². The van der Waals surface area contributed by atoms with Gasteiger partial charge in [-0.25, -0.2) is 0 Å². The van der Waals surface area contributed by atoms with Gasteiger partial charge in [-0.2, -0.15) is 0 Å². The Hall–Kier alpha value is 0.0649. The lowest BCUT2D eigenvalue weighted by atomic mass is 10.8. The monoisotopic (exact) mass is 211 g/mol. The molecule has 0 fully saturated rings. The first-order valence-electron chi connectivity index (χ1n) is 4.00. The molecule has 0 aliphatic heterocycles. The summed E-state index contributed by atoms with van der Waals surface area (Å²) in [6.45, 7) is 16.0. The van der Waals surface area contributed by atoms with Crippen LogP contribution in [0.15, 0.2) is 0 Å². The Bertz CT molecular complexity index is 5.20. The molecule has 0 spiro atoms. The van der Waals surface area contributed by atoms with E-state index in [2.05, 4.69) is 0 Å². The van der Waals surface area contributed by atoms with Crippen molar-refractivity contribution in [3.63, 3.8) is 0 Å². The van der Waals surface area contributed by atoms with Crippen LogP contribution in [0.1, 0.15) is 92.5 Å². The van der Waals surface area contributed by atoms with Crippen LogP contribution in [0.5, 0.6) is 0 Å². The van der Waals surface area contributed by atoms with Crippen molar-refractivity contribution in [3.05, 3.63) is 0 Å². The predicted molar refractivity (Wildman–Crippen MR) is 84.8 cm³/mol. The summed E-state index contributed by atoms with van der Waals surface area (Å²) in [4.78, 5) is 0. The minimum atomic E-state index is 0. The largest absolute Gasteiger partial charge is 0.0776 e. The highest BCUT2D eigenvalue weighted by atomic mass is 13.0. The molecule has 0 aliphatic carbocycles. The molecule has 0 N–H and O–H groups in total. The topological polar surface area (TPSA) is 0 Å². The van der Waals surface area contributed by atoms with Crippen LogP contribution in [0.25, 0.3) is 0 Å². The van der Waals surface area contributed by atoms with Crippen molar-refractivity contribution in [1.82, 2.24) is 0 Å². The Morgan fingerprint density at radius 1 is 0.286 bits per heavy atom. The molecule has 1 heteroatoms. The first kappa shape index (κ1) is 145. The van der Waals surface area contributed by atoms with Gasteiger partial charge in [0.05, 0.1) is 0 Å². The summed E-state index contributed by atoms with van der Waals surface area (Å²) in [5, 5.41) is 0. The fraction of sp³-hybridized carbons (Fsp3) is 1.00. The zero-order valence-electron chi connectivity index (χ0n) is 8.58. The van der Waals surface area contributed by atoms with Crippen molar-refractivity contribution in [2.75, 3.05) is 0 Å². The lowest BCUT2D eigenvalue weighted by Gasteiger charge is -1.07. The van der Waals surface area contributed by atoms with Gasteiger partial charge in [-0.3, -0.25) is 0 Å². The highest BCUT2D eigenvalue weighted by Crippen LogP contribution is 1.15. The molecule has 0 aliphatic rings. The molecule has 0 unspecified atom stereocenters. The minimum absolute atomic E-state index is 0. The SMILES string of the molecule is C.C.C.C.C.CC.CC.CC.CC.[B]. The van der Waals surface area contributed by atoms with E-state index in [0.29, 0.717) is 0 Å². The molecule has 0 nitrogen and oxygen atoms in total. The van der Waals surface area contributed by atoms with Crippen molar-refractivity contribution < 1.29 is 0 Å². The Labute approximate surface area is 101 Å². The van der Waals surface area contributed by atoms with E-state index in [1.807, 2.05) is 55.4 Å². The molecule has 0 saturated carbocycles. The molecule has 3 radical (unpaired) electrons. The lowest BCUT2D eigenvalue weighted by molar-refractivity contribution is 1.50. The molecule has 14 heavy (non-hydrogen) atoms. The van der Waals surface area contributed by atoms with E-state index in [1.165, 1.54) is 0 Å². The van der Waals surface area contributed by atoms with E-state index in [-0.39, 0.29) is 45.5 Å². The average molecular weight is 211 g/mol. The summed E-state index contributed by atoms with van der Waals surface area (Å²) in [5.41, 5.74) is 0.